The number of hydrogen-bond acceptors (Lipinski definition) is 3. The Kier molecular flexibility index (Phi) is 5.50. The predicted octanol–water partition coefficient (Wildman–Crippen LogP) is 5.79. The van der Waals surface area contributed by atoms with Crippen LogP contribution in [0.2, 0.25) is 0 Å². The molecule has 3 aromatic rings. The molecule has 0 saturated carbocycles. The van der Waals surface area contributed by atoms with Crippen molar-refractivity contribution >= 4 is 38.9 Å². The van der Waals surface area contributed by atoms with Crippen LogP contribution in [-0.4, -0.2) is 5.91 Å². The highest BCUT2D eigenvalue weighted by Gasteiger charge is 2.12. The van der Waals surface area contributed by atoms with Gasteiger partial charge in [0.25, 0.3) is 5.91 Å². The number of nitrogens with one attached hydrogen (secondary N) is 1. The SMILES string of the molecule is Cc1cccc(OCc2csc(C(=O)Nc3ccc(Br)cc3F)c2)c1. The smallest absolute Gasteiger partial charge is 0.265 e. The van der Waals surface area contributed by atoms with Gasteiger partial charge in [0.1, 0.15) is 18.2 Å². The van der Waals surface area contributed by atoms with E-state index in [0.717, 1.165) is 16.9 Å². The molecule has 1 amide bonds. The second-order valence-corrected chi connectivity index (χ2v) is 7.33. The maximum atomic E-state index is 13.8. The standard InChI is InChI=1S/C19H15BrFNO2S/c1-12-3-2-4-15(7-12)24-10-13-8-18(25-11-13)19(23)22-17-6-5-14(20)9-16(17)21/h2-9,11H,10H2,1H3,(H,22,23). The van der Waals surface area contributed by atoms with Crippen molar-refractivity contribution in [1.82, 2.24) is 0 Å². The van der Waals surface area contributed by atoms with E-state index in [9.17, 15) is 9.18 Å². The van der Waals surface area contributed by atoms with Crippen LogP contribution in [0.15, 0.2) is 58.4 Å². The van der Waals surface area contributed by atoms with Gasteiger partial charge in [0.05, 0.1) is 10.6 Å². The van der Waals surface area contributed by atoms with Crippen molar-refractivity contribution in [2.75, 3.05) is 5.32 Å². The van der Waals surface area contributed by atoms with Gasteiger partial charge in [-0.2, -0.15) is 0 Å². The molecule has 3 rings (SSSR count). The molecule has 0 spiro atoms. The van der Waals surface area contributed by atoms with Crippen molar-refractivity contribution < 1.29 is 13.9 Å². The number of rotatable bonds is 5. The Morgan fingerprint density at radius 3 is 2.84 bits per heavy atom. The minimum absolute atomic E-state index is 0.152. The molecule has 0 atom stereocenters. The van der Waals surface area contributed by atoms with E-state index < -0.39 is 5.82 Å². The summed E-state index contributed by atoms with van der Waals surface area (Å²) in [6.07, 6.45) is 0. The van der Waals surface area contributed by atoms with Crippen LogP contribution in [0.4, 0.5) is 10.1 Å². The number of halogens is 2. The third kappa shape index (κ3) is 4.67. The average molecular weight is 420 g/mol. The van der Waals surface area contributed by atoms with Crippen LogP contribution in [0, 0.1) is 12.7 Å². The lowest BCUT2D eigenvalue weighted by Crippen LogP contribution is -2.11. The Morgan fingerprint density at radius 1 is 1.24 bits per heavy atom. The second-order valence-electron chi connectivity index (χ2n) is 5.50. The lowest BCUT2D eigenvalue weighted by molar-refractivity contribution is 0.103. The van der Waals surface area contributed by atoms with Gasteiger partial charge in [-0.25, -0.2) is 4.39 Å². The van der Waals surface area contributed by atoms with Crippen LogP contribution in [0.25, 0.3) is 0 Å². The molecule has 0 unspecified atom stereocenters. The van der Waals surface area contributed by atoms with Crippen molar-refractivity contribution in [2.24, 2.45) is 0 Å². The number of ether oxygens (including phenoxy) is 1. The quantitative estimate of drug-likeness (QED) is 0.568. The highest BCUT2D eigenvalue weighted by atomic mass is 79.9. The molecule has 0 fully saturated rings. The maximum Gasteiger partial charge on any atom is 0.265 e. The highest BCUT2D eigenvalue weighted by Crippen LogP contribution is 2.22. The summed E-state index contributed by atoms with van der Waals surface area (Å²) in [6.45, 7) is 2.38. The molecule has 6 heteroatoms. The summed E-state index contributed by atoms with van der Waals surface area (Å²) in [6, 6.07) is 14.0. The minimum Gasteiger partial charge on any atom is -0.489 e. The van der Waals surface area contributed by atoms with Gasteiger partial charge in [0.2, 0.25) is 0 Å². The van der Waals surface area contributed by atoms with Crippen molar-refractivity contribution in [3.63, 3.8) is 0 Å². The number of thiophene rings is 1. The second kappa shape index (κ2) is 7.80. The molecular formula is C19H15BrFNO2S. The molecule has 1 N–H and O–H groups in total. The molecule has 1 heterocycles. The van der Waals surface area contributed by atoms with Gasteiger partial charge in [-0.1, -0.05) is 28.1 Å². The summed E-state index contributed by atoms with van der Waals surface area (Å²) in [5.74, 6) is -0.0375. The van der Waals surface area contributed by atoms with E-state index in [4.69, 9.17) is 4.74 Å². The number of anilines is 1. The molecule has 0 bridgehead atoms. The third-order valence-corrected chi connectivity index (χ3v) is 4.92. The molecule has 0 aliphatic rings. The molecule has 128 valence electrons. The van der Waals surface area contributed by atoms with E-state index in [2.05, 4.69) is 21.2 Å². The van der Waals surface area contributed by atoms with Gasteiger partial charge >= 0.3 is 0 Å². The van der Waals surface area contributed by atoms with Crippen LogP contribution >= 0.6 is 27.3 Å². The van der Waals surface area contributed by atoms with Gasteiger partial charge in [0.15, 0.2) is 0 Å². The Hall–Kier alpha value is -2.18. The number of carbonyl (C=O) groups is 1. The normalized spacial score (nSPS) is 10.5. The van der Waals surface area contributed by atoms with E-state index in [1.54, 1.807) is 12.1 Å². The fraction of sp³-hybridized carbons (Fsp3) is 0.105. The zero-order valence-corrected chi connectivity index (χ0v) is 15.8. The summed E-state index contributed by atoms with van der Waals surface area (Å²) >= 11 is 4.49. The Morgan fingerprint density at radius 2 is 2.08 bits per heavy atom. The zero-order valence-electron chi connectivity index (χ0n) is 13.4. The Bertz CT molecular complexity index is 910. The summed E-state index contributed by atoms with van der Waals surface area (Å²) < 4.78 is 20.2. The van der Waals surface area contributed by atoms with Gasteiger partial charge in [-0.15, -0.1) is 11.3 Å². The van der Waals surface area contributed by atoms with Gasteiger partial charge in [0, 0.05) is 10.0 Å². The van der Waals surface area contributed by atoms with Crippen LogP contribution in [0.1, 0.15) is 20.8 Å². The number of hydrogen-bond donors (Lipinski definition) is 1. The first-order valence-corrected chi connectivity index (χ1v) is 9.22. The van der Waals surface area contributed by atoms with Crippen LogP contribution in [-0.2, 0) is 6.61 Å². The first-order chi connectivity index (χ1) is 12.0. The van der Waals surface area contributed by atoms with E-state index >= 15 is 0 Å². The molecule has 25 heavy (non-hydrogen) atoms. The maximum absolute atomic E-state index is 13.8. The average Bonchev–Trinajstić information content (AvgIpc) is 3.05. The van der Waals surface area contributed by atoms with Crippen LogP contribution < -0.4 is 10.1 Å². The number of carbonyl (C=O) groups excluding carboxylic acids is 1. The Balaban J connectivity index is 1.63. The van der Waals surface area contributed by atoms with Crippen molar-refractivity contribution in [3.8, 4) is 5.75 Å². The molecule has 0 saturated heterocycles. The fourth-order valence-electron chi connectivity index (χ4n) is 2.22. The topological polar surface area (TPSA) is 38.3 Å². The molecule has 0 radical (unpaired) electrons. The monoisotopic (exact) mass is 419 g/mol. The predicted molar refractivity (Wildman–Crippen MR) is 102 cm³/mol. The van der Waals surface area contributed by atoms with Crippen molar-refractivity contribution in [3.05, 3.63) is 80.2 Å². The van der Waals surface area contributed by atoms with Gasteiger partial charge in [-0.3, -0.25) is 4.79 Å². The molecular weight excluding hydrogens is 405 g/mol. The lowest BCUT2D eigenvalue weighted by Gasteiger charge is -2.06. The summed E-state index contributed by atoms with van der Waals surface area (Å²) in [4.78, 5) is 12.8. The van der Waals surface area contributed by atoms with Gasteiger partial charge < -0.3 is 10.1 Å². The molecule has 1 aromatic heterocycles. The van der Waals surface area contributed by atoms with Gasteiger partial charge in [-0.05, 0) is 54.3 Å². The first kappa shape index (κ1) is 17.6. The van der Waals surface area contributed by atoms with E-state index in [1.807, 2.05) is 36.6 Å². The Labute approximate surface area is 157 Å². The zero-order chi connectivity index (χ0) is 17.8. The number of aryl methyl sites for hydroxylation is 1. The first-order valence-electron chi connectivity index (χ1n) is 7.54. The van der Waals surface area contributed by atoms with E-state index in [0.29, 0.717) is 16.0 Å². The fourth-order valence-corrected chi connectivity index (χ4v) is 3.34. The lowest BCUT2D eigenvalue weighted by atomic mass is 10.2. The number of amides is 1. The van der Waals surface area contributed by atoms with E-state index in [1.165, 1.54) is 23.5 Å². The minimum atomic E-state index is -0.484. The summed E-state index contributed by atoms with van der Waals surface area (Å²) in [7, 11) is 0. The third-order valence-electron chi connectivity index (χ3n) is 3.45. The molecule has 3 nitrogen and oxygen atoms in total. The number of benzene rings is 2. The molecule has 2 aromatic carbocycles. The largest absolute Gasteiger partial charge is 0.489 e. The summed E-state index contributed by atoms with van der Waals surface area (Å²) in [5.41, 5.74) is 2.17. The summed E-state index contributed by atoms with van der Waals surface area (Å²) in [5, 5.41) is 4.45. The molecule has 0 aliphatic heterocycles. The molecule has 0 aliphatic carbocycles. The van der Waals surface area contributed by atoms with E-state index in [-0.39, 0.29) is 11.6 Å². The van der Waals surface area contributed by atoms with Crippen LogP contribution in [0.5, 0.6) is 5.75 Å². The van der Waals surface area contributed by atoms with Crippen molar-refractivity contribution in [1.29, 1.82) is 0 Å². The van der Waals surface area contributed by atoms with Crippen molar-refractivity contribution in [2.45, 2.75) is 13.5 Å². The van der Waals surface area contributed by atoms with Crippen LogP contribution in [0.3, 0.4) is 0 Å². The highest BCUT2D eigenvalue weighted by molar-refractivity contribution is 9.10.